The summed E-state index contributed by atoms with van der Waals surface area (Å²) in [4.78, 5) is 11.3. The van der Waals surface area contributed by atoms with Gasteiger partial charge < -0.3 is 5.11 Å². The predicted octanol–water partition coefficient (Wildman–Crippen LogP) is 0.710. The molecular weight excluding hydrogens is 149 g/mol. The lowest BCUT2D eigenvalue weighted by atomic mass is 10.2. The Labute approximate surface area is 63.8 Å². The Bertz CT molecular complexity index is 211. The van der Waals surface area contributed by atoms with E-state index in [1.807, 2.05) is 0 Å². The van der Waals surface area contributed by atoms with E-state index >= 15 is 0 Å². The highest BCUT2D eigenvalue weighted by Gasteiger charge is 2.33. The Morgan fingerprint density at radius 1 is 1.82 bits per heavy atom. The molecule has 11 heavy (non-hydrogen) atoms. The number of likely N-dealkylation sites (tertiary alicyclic amines) is 1. The van der Waals surface area contributed by atoms with Crippen LogP contribution in [0.3, 0.4) is 0 Å². The molecule has 0 bridgehead atoms. The number of carbonyl (C=O) groups is 1. The van der Waals surface area contributed by atoms with Crippen LogP contribution in [0.2, 0.25) is 0 Å². The standard InChI is InChI=1S/C7H8FNO2/c1-2-6-3-5(8)4-9(6)7(10)11/h1,5-6H,3-4H2,(H,10,11)/t5-,6-/m0/s1. The normalized spacial score (nSPS) is 30.0. The lowest BCUT2D eigenvalue weighted by Gasteiger charge is -2.14. The Kier molecular flexibility index (Phi) is 1.99. The lowest BCUT2D eigenvalue weighted by Crippen LogP contribution is -2.33. The van der Waals surface area contributed by atoms with E-state index in [-0.39, 0.29) is 13.0 Å². The van der Waals surface area contributed by atoms with E-state index in [0.717, 1.165) is 4.90 Å². The van der Waals surface area contributed by atoms with Crippen molar-refractivity contribution in [3.05, 3.63) is 0 Å². The monoisotopic (exact) mass is 157 g/mol. The maximum atomic E-state index is 12.6. The molecule has 2 atom stereocenters. The van der Waals surface area contributed by atoms with E-state index in [1.54, 1.807) is 0 Å². The van der Waals surface area contributed by atoms with Crippen molar-refractivity contribution in [1.29, 1.82) is 0 Å². The first-order valence-corrected chi connectivity index (χ1v) is 3.25. The molecule has 4 heteroatoms. The fourth-order valence-electron chi connectivity index (χ4n) is 1.15. The summed E-state index contributed by atoms with van der Waals surface area (Å²) in [5, 5.41) is 8.50. The summed E-state index contributed by atoms with van der Waals surface area (Å²) in [5.41, 5.74) is 0. The number of amides is 1. The molecule has 1 heterocycles. The van der Waals surface area contributed by atoms with Crippen molar-refractivity contribution in [2.45, 2.75) is 18.6 Å². The van der Waals surface area contributed by atoms with Gasteiger partial charge in [0.2, 0.25) is 0 Å². The first kappa shape index (κ1) is 7.86. The molecule has 1 rings (SSSR count). The second-order valence-corrected chi connectivity index (χ2v) is 2.45. The Balaban J connectivity index is 2.67. The van der Waals surface area contributed by atoms with Gasteiger partial charge in [0, 0.05) is 6.42 Å². The summed E-state index contributed by atoms with van der Waals surface area (Å²) in [7, 11) is 0. The van der Waals surface area contributed by atoms with Gasteiger partial charge in [0.25, 0.3) is 0 Å². The molecule has 0 aromatic heterocycles. The highest BCUT2D eigenvalue weighted by atomic mass is 19.1. The van der Waals surface area contributed by atoms with Crippen molar-refractivity contribution >= 4 is 6.09 Å². The van der Waals surface area contributed by atoms with Crippen LogP contribution in [0.1, 0.15) is 6.42 Å². The number of alkyl halides is 1. The predicted molar refractivity (Wildman–Crippen MR) is 36.9 cm³/mol. The van der Waals surface area contributed by atoms with Crippen LogP contribution in [0.15, 0.2) is 0 Å². The van der Waals surface area contributed by atoms with E-state index < -0.39 is 18.3 Å². The van der Waals surface area contributed by atoms with E-state index in [2.05, 4.69) is 5.92 Å². The van der Waals surface area contributed by atoms with Crippen molar-refractivity contribution in [3.63, 3.8) is 0 Å². The van der Waals surface area contributed by atoms with Gasteiger partial charge in [-0.25, -0.2) is 9.18 Å². The van der Waals surface area contributed by atoms with Crippen LogP contribution < -0.4 is 0 Å². The summed E-state index contributed by atoms with van der Waals surface area (Å²) in [6.45, 7) is -0.0931. The number of hydrogen-bond acceptors (Lipinski definition) is 1. The van der Waals surface area contributed by atoms with Gasteiger partial charge in [0.1, 0.15) is 6.17 Å². The van der Waals surface area contributed by atoms with Crippen LogP contribution in [0.5, 0.6) is 0 Å². The molecule has 1 saturated heterocycles. The summed E-state index contributed by atoms with van der Waals surface area (Å²) >= 11 is 0. The van der Waals surface area contributed by atoms with Gasteiger partial charge in [0.05, 0.1) is 12.6 Å². The zero-order chi connectivity index (χ0) is 8.43. The molecule has 0 aromatic carbocycles. The zero-order valence-corrected chi connectivity index (χ0v) is 5.83. The SMILES string of the molecule is C#C[C@H]1C[C@H](F)CN1C(=O)O. The molecule has 60 valence electrons. The summed E-state index contributed by atoms with van der Waals surface area (Å²) in [6.07, 6.45) is 2.88. The van der Waals surface area contributed by atoms with E-state index in [4.69, 9.17) is 11.5 Å². The van der Waals surface area contributed by atoms with Gasteiger partial charge in [-0.2, -0.15) is 0 Å². The van der Waals surface area contributed by atoms with Gasteiger partial charge in [-0.15, -0.1) is 6.42 Å². The summed E-state index contributed by atoms with van der Waals surface area (Å²) in [6, 6.07) is -0.581. The molecule has 0 radical (unpaired) electrons. The number of hydrogen-bond donors (Lipinski definition) is 1. The van der Waals surface area contributed by atoms with Crippen LogP contribution in [-0.4, -0.2) is 34.9 Å². The molecule has 3 nitrogen and oxygen atoms in total. The second-order valence-electron chi connectivity index (χ2n) is 2.45. The lowest BCUT2D eigenvalue weighted by molar-refractivity contribution is 0.145. The largest absolute Gasteiger partial charge is 0.465 e. The van der Waals surface area contributed by atoms with Crippen LogP contribution >= 0.6 is 0 Å². The minimum absolute atomic E-state index is 0.0931. The van der Waals surface area contributed by atoms with Gasteiger partial charge in [0.15, 0.2) is 0 Å². The Morgan fingerprint density at radius 3 is 2.82 bits per heavy atom. The number of terminal acetylenes is 1. The maximum Gasteiger partial charge on any atom is 0.408 e. The Hall–Kier alpha value is -1.24. The molecule has 1 fully saturated rings. The molecule has 0 spiro atoms. The molecular formula is C7H8FNO2. The average Bonchev–Trinajstić information content (AvgIpc) is 2.30. The maximum absolute atomic E-state index is 12.6. The number of halogens is 1. The fraction of sp³-hybridized carbons (Fsp3) is 0.571. The van der Waals surface area contributed by atoms with Crippen LogP contribution in [-0.2, 0) is 0 Å². The smallest absolute Gasteiger partial charge is 0.408 e. The molecule has 0 aliphatic carbocycles. The minimum Gasteiger partial charge on any atom is -0.465 e. The molecule has 0 unspecified atom stereocenters. The average molecular weight is 157 g/mol. The van der Waals surface area contributed by atoms with E-state index in [9.17, 15) is 9.18 Å². The van der Waals surface area contributed by atoms with Crippen molar-refractivity contribution in [2.24, 2.45) is 0 Å². The Morgan fingerprint density at radius 2 is 2.45 bits per heavy atom. The van der Waals surface area contributed by atoms with Gasteiger partial charge >= 0.3 is 6.09 Å². The topological polar surface area (TPSA) is 40.5 Å². The number of carboxylic acid groups (broad SMARTS) is 1. The van der Waals surface area contributed by atoms with Crippen LogP contribution in [0.25, 0.3) is 0 Å². The minimum atomic E-state index is -1.15. The summed E-state index contributed by atoms with van der Waals surface area (Å²) < 4.78 is 12.6. The molecule has 1 N–H and O–H groups in total. The third-order valence-electron chi connectivity index (χ3n) is 1.69. The van der Waals surface area contributed by atoms with Gasteiger partial charge in [-0.3, -0.25) is 4.90 Å². The molecule has 1 aliphatic heterocycles. The van der Waals surface area contributed by atoms with E-state index in [1.165, 1.54) is 0 Å². The first-order chi connectivity index (χ1) is 5.15. The van der Waals surface area contributed by atoms with E-state index in [0.29, 0.717) is 0 Å². The van der Waals surface area contributed by atoms with Crippen LogP contribution in [0.4, 0.5) is 9.18 Å². The quantitative estimate of drug-likeness (QED) is 0.526. The highest BCUT2D eigenvalue weighted by molar-refractivity contribution is 5.66. The fourth-order valence-corrected chi connectivity index (χ4v) is 1.15. The van der Waals surface area contributed by atoms with Crippen molar-refractivity contribution < 1.29 is 14.3 Å². The molecule has 1 aliphatic rings. The van der Waals surface area contributed by atoms with Crippen molar-refractivity contribution in [1.82, 2.24) is 4.90 Å². The van der Waals surface area contributed by atoms with Gasteiger partial charge in [-0.05, 0) is 0 Å². The zero-order valence-electron chi connectivity index (χ0n) is 5.83. The molecule has 0 saturated carbocycles. The number of nitrogens with zero attached hydrogens (tertiary/aromatic N) is 1. The number of rotatable bonds is 0. The third kappa shape index (κ3) is 1.43. The second kappa shape index (κ2) is 2.79. The first-order valence-electron chi connectivity index (χ1n) is 3.25. The molecule has 1 amide bonds. The summed E-state index contributed by atoms with van der Waals surface area (Å²) in [5.74, 6) is 2.23. The third-order valence-corrected chi connectivity index (χ3v) is 1.69. The van der Waals surface area contributed by atoms with Crippen molar-refractivity contribution in [3.8, 4) is 12.3 Å². The van der Waals surface area contributed by atoms with Gasteiger partial charge in [-0.1, -0.05) is 5.92 Å². The van der Waals surface area contributed by atoms with Crippen molar-refractivity contribution in [2.75, 3.05) is 6.54 Å². The molecule has 0 aromatic rings. The van der Waals surface area contributed by atoms with Crippen LogP contribution in [0, 0.1) is 12.3 Å². The highest BCUT2D eigenvalue weighted by Crippen LogP contribution is 2.19.